The Balaban J connectivity index is 2.88. The summed E-state index contributed by atoms with van der Waals surface area (Å²) in [5.74, 6) is 0.780. The summed E-state index contributed by atoms with van der Waals surface area (Å²) in [6.07, 6.45) is -0.357. The van der Waals surface area contributed by atoms with Crippen molar-refractivity contribution in [3.05, 3.63) is 35.4 Å². The largest absolute Gasteiger partial charge is 0.388 e. The van der Waals surface area contributed by atoms with Crippen LogP contribution in [0.2, 0.25) is 0 Å². The Labute approximate surface area is 106 Å². The van der Waals surface area contributed by atoms with Crippen LogP contribution in [0, 0.1) is 11.8 Å². The summed E-state index contributed by atoms with van der Waals surface area (Å²) >= 11 is 0. The van der Waals surface area contributed by atoms with Gasteiger partial charge in [0.1, 0.15) is 0 Å². The van der Waals surface area contributed by atoms with E-state index in [0.29, 0.717) is 5.92 Å². The molecule has 1 rings (SSSR count). The van der Waals surface area contributed by atoms with Gasteiger partial charge in [-0.3, -0.25) is 0 Å². The molecule has 1 aromatic rings. The Bertz CT molecular complexity index is 343. The second kappa shape index (κ2) is 5.22. The average molecular weight is 234 g/mol. The second-order valence-corrected chi connectivity index (χ2v) is 6.42. The predicted octanol–water partition coefficient (Wildman–Crippen LogP) is 4.31. The molecule has 0 aliphatic rings. The lowest BCUT2D eigenvalue weighted by Crippen LogP contribution is -2.16. The number of aliphatic hydroxyl groups excluding tert-OH is 1. The van der Waals surface area contributed by atoms with E-state index in [0.717, 1.165) is 5.56 Å². The normalized spacial score (nSPS) is 16.0. The lowest BCUT2D eigenvalue weighted by Gasteiger charge is -2.24. The van der Waals surface area contributed by atoms with Gasteiger partial charge in [-0.25, -0.2) is 0 Å². The Morgan fingerprint density at radius 2 is 1.41 bits per heavy atom. The van der Waals surface area contributed by atoms with E-state index in [9.17, 15) is 5.11 Å². The first-order valence-corrected chi connectivity index (χ1v) is 6.52. The molecule has 1 nitrogen and oxygen atoms in total. The zero-order valence-corrected chi connectivity index (χ0v) is 12.0. The molecule has 0 aromatic heterocycles. The molecular formula is C16H26O. The third-order valence-corrected chi connectivity index (χ3v) is 3.67. The summed E-state index contributed by atoms with van der Waals surface area (Å²) in [5, 5.41) is 10.3. The standard InChI is InChI=1S/C16H26O/c1-11(2)12(3)15(17)13-7-9-14(10-8-13)16(4,5)6/h7-12,15,17H,1-6H3. The highest BCUT2D eigenvalue weighted by Gasteiger charge is 2.20. The van der Waals surface area contributed by atoms with Crippen molar-refractivity contribution in [3.63, 3.8) is 0 Å². The smallest absolute Gasteiger partial charge is 0.0818 e. The van der Waals surface area contributed by atoms with Crippen LogP contribution in [-0.4, -0.2) is 5.11 Å². The minimum atomic E-state index is -0.357. The fraction of sp³-hybridized carbons (Fsp3) is 0.625. The fourth-order valence-corrected chi connectivity index (χ4v) is 1.85. The van der Waals surface area contributed by atoms with Gasteiger partial charge in [-0.15, -0.1) is 0 Å². The maximum absolute atomic E-state index is 10.3. The quantitative estimate of drug-likeness (QED) is 0.826. The van der Waals surface area contributed by atoms with E-state index in [1.807, 2.05) is 0 Å². The first kappa shape index (κ1) is 14.2. The summed E-state index contributed by atoms with van der Waals surface area (Å²) in [5.41, 5.74) is 2.51. The summed E-state index contributed by atoms with van der Waals surface area (Å²) in [4.78, 5) is 0. The molecule has 0 heterocycles. The lowest BCUT2D eigenvalue weighted by atomic mass is 9.84. The SMILES string of the molecule is CC(C)C(C)C(O)c1ccc(C(C)(C)C)cc1. The Hall–Kier alpha value is -0.820. The molecule has 17 heavy (non-hydrogen) atoms. The maximum Gasteiger partial charge on any atom is 0.0818 e. The molecule has 0 fully saturated rings. The van der Waals surface area contributed by atoms with Gasteiger partial charge in [0, 0.05) is 0 Å². The summed E-state index contributed by atoms with van der Waals surface area (Å²) < 4.78 is 0. The molecule has 0 bridgehead atoms. The molecule has 0 radical (unpaired) electrons. The summed E-state index contributed by atoms with van der Waals surface area (Å²) in [6, 6.07) is 8.38. The van der Waals surface area contributed by atoms with Crippen LogP contribution in [0.15, 0.2) is 24.3 Å². The van der Waals surface area contributed by atoms with Crippen molar-refractivity contribution in [1.29, 1.82) is 0 Å². The van der Waals surface area contributed by atoms with Gasteiger partial charge in [0.15, 0.2) is 0 Å². The second-order valence-electron chi connectivity index (χ2n) is 6.42. The average Bonchev–Trinajstić information content (AvgIpc) is 2.26. The van der Waals surface area contributed by atoms with Crippen LogP contribution in [0.4, 0.5) is 0 Å². The summed E-state index contributed by atoms with van der Waals surface area (Å²) in [7, 11) is 0. The molecule has 1 heteroatoms. The molecule has 2 unspecified atom stereocenters. The van der Waals surface area contributed by atoms with Gasteiger partial charge in [0.2, 0.25) is 0 Å². The van der Waals surface area contributed by atoms with Gasteiger partial charge in [-0.05, 0) is 28.4 Å². The van der Waals surface area contributed by atoms with E-state index in [1.54, 1.807) is 0 Å². The van der Waals surface area contributed by atoms with Crippen molar-refractivity contribution in [2.24, 2.45) is 11.8 Å². The van der Waals surface area contributed by atoms with Crippen molar-refractivity contribution < 1.29 is 5.11 Å². The number of hydrogen-bond donors (Lipinski definition) is 1. The maximum atomic E-state index is 10.3. The van der Waals surface area contributed by atoms with Crippen LogP contribution in [-0.2, 0) is 5.41 Å². The number of rotatable bonds is 3. The molecule has 0 spiro atoms. The third-order valence-electron chi connectivity index (χ3n) is 3.67. The topological polar surface area (TPSA) is 20.2 Å². The Morgan fingerprint density at radius 1 is 0.941 bits per heavy atom. The molecule has 0 saturated heterocycles. The van der Waals surface area contributed by atoms with E-state index < -0.39 is 0 Å². The van der Waals surface area contributed by atoms with Crippen LogP contribution in [0.5, 0.6) is 0 Å². The molecular weight excluding hydrogens is 208 g/mol. The molecule has 0 aliphatic heterocycles. The first-order chi connectivity index (χ1) is 7.73. The van der Waals surface area contributed by atoms with Crippen molar-refractivity contribution in [2.75, 3.05) is 0 Å². The first-order valence-electron chi connectivity index (χ1n) is 6.52. The molecule has 2 atom stereocenters. The van der Waals surface area contributed by atoms with E-state index >= 15 is 0 Å². The van der Waals surface area contributed by atoms with Crippen LogP contribution in [0.25, 0.3) is 0 Å². The van der Waals surface area contributed by atoms with E-state index in [-0.39, 0.29) is 17.4 Å². The van der Waals surface area contributed by atoms with E-state index in [2.05, 4.69) is 65.8 Å². The molecule has 0 amide bonds. The highest BCUT2D eigenvalue weighted by atomic mass is 16.3. The van der Waals surface area contributed by atoms with Crippen LogP contribution in [0.3, 0.4) is 0 Å². The number of aliphatic hydroxyl groups is 1. The van der Waals surface area contributed by atoms with Crippen molar-refractivity contribution in [1.82, 2.24) is 0 Å². The zero-order chi connectivity index (χ0) is 13.2. The molecule has 0 aliphatic carbocycles. The number of hydrogen-bond acceptors (Lipinski definition) is 1. The molecule has 96 valence electrons. The minimum Gasteiger partial charge on any atom is -0.388 e. The van der Waals surface area contributed by atoms with Gasteiger partial charge in [0.25, 0.3) is 0 Å². The summed E-state index contributed by atoms with van der Waals surface area (Å²) in [6.45, 7) is 13.0. The minimum absolute atomic E-state index is 0.174. The molecule has 0 saturated carbocycles. The highest BCUT2D eigenvalue weighted by molar-refractivity contribution is 5.28. The van der Waals surface area contributed by atoms with Crippen molar-refractivity contribution in [2.45, 2.75) is 53.1 Å². The van der Waals surface area contributed by atoms with Crippen molar-refractivity contribution in [3.8, 4) is 0 Å². The molecule has 1 N–H and O–H groups in total. The van der Waals surface area contributed by atoms with Gasteiger partial charge in [-0.2, -0.15) is 0 Å². The monoisotopic (exact) mass is 234 g/mol. The highest BCUT2D eigenvalue weighted by Crippen LogP contribution is 2.29. The van der Waals surface area contributed by atoms with Crippen LogP contribution >= 0.6 is 0 Å². The third kappa shape index (κ3) is 3.57. The van der Waals surface area contributed by atoms with Crippen molar-refractivity contribution >= 4 is 0 Å². The fourth-order valence-electron chi connectivity index (χ4n) is 1.85. The zero-order valence-electron chi connectivity index (χ0n) is 12.0. The molecule has 1 aromatic carbocycles. The number of benzene rings is 1. The lowest BCUT2D eigenvalue weighted by molar-refractivity contribution is 0.0921. The van der Waals surface area contributed by atoms with Gasteiger partial charge in [-0.1, -0.05) is 65.8 Å². The van der Waals surface area contributed by atoms with Gasteiger partial charge in [0.05, 0.1) is 6.10 Å². The van der Waals surface area contributed by atoms with Crippen LogP contribution < -0.4 is 0 Å². The van der Waals surface area contributed by atoms with Gasteiger partial charge >= 0.3 is 0 Å². The van der Waals surface area contributed by atoms with E-state index in [4.69, 9.17) is 0 Å². The predicted molar refractivity (Wildman–Crippen MR) is 74.1 cm³/mol. The van der Waals surface area contributed by atoms with Gasteiger partial charge < -0.3 is 5.11 Å². The Kier molecular flexibility index (Phi) is 4.37. The van der Waals surface area contributed by atoms with E-state index in [1.165, 1.54) is 5.56 Å². The Morgan fingerprint density at radius 3 is 1.76 bits per heavy atom. The van der Waals surface area contributed by atoms with Crippen LogP contribution in [0.1, 0.15) is 58.8 Å².